The summed E-state index contributed by atoms with van der Waals surface area (Å²) >= 11 is 0. The third kappa shape index (κ3) is 4.07. The molecule has 0 heterocycles. The van der Waals surface area contributed by atoms with E-state index in [1.165, 1.54) is 43.5 Å². The van der Waals surface area contributed by atoms with Gasteiger partial charge in [-0.25, -0.2) is 4.39 Å². The minimum absolute atomic E-state index is 0.0130. The highest BCUT2D eigenvalue weighted by Gasteiger charge is 2.51. The predicted octanol–water partition coefficient (Wildman–Crippen LogP) is 3.17. The molecule has 0 aliphatic heterocycles. The molecule has 152 valence electrons. The van der Waals surface area contributed by atoms with Crippen LogP contribution in [-0.2, 0) is 9.59 Å². The number of anilines is 1. The molecule has 5 nitrogen and oxygen atoms in total. The SMILES string of the molecule is C[C@H](C(=O)NC12CC3CC(CC(C3)C1)C2)N(C)CC(=O)Nc1ccc(F)cc1. The van der Waals surface area contributed by atoms with Crippen molar-refractivity contribution in [2.45, 2.75) is 57.0 Å². The van der Waals surface area contributed by atoms with Crippen LogP contribution in [0.5, 0.6) is 0 Å². The molecule has 0 unspecified atom stereocenters. The first-order valence-electron chi connectivity index (χ1n) is 10.4. The predicted molar refractivity (Wildman–Crippen MR) is 106 cm³/mol. The van der Waals surface area contributed by atoms with E-state index in [9.17, 15) is 14.0 Å². The van der Waals surface area contributed by atoms with Crippen molar-refractivity contribution in [3.8, 4) is 0 Å². The fourth-order valence-electron chi connectivity index (χ4n) is 5.93. The van der Waals surface area contributed by atoms with Gasteiger partial charge in [0.25, 0.3) is 0 Å². The summed E-state index contributed by atoms with van der Waals surface area (Å²) in [6.07, 6.45) is 7.38. The number of hydrogen-bond donors (Lipinski definition) is 2. The molecule has 1 aromatic carbocycles. The third-order valence-electron chi connectivity index (χ3n) is 6.99. The van der Waals surface area contributed by atoms with Crippen molar-refractivity contribution < 1.29 is 14.0 Å². The Morgan fingerprint density at radius 3 is 2.18 bits per heavy atom. The topological polar surface area (TPSA) is 61.4 Å². The van der Waals surface area contributed by atoms with Crippen molar-refractivity contribution in [3.63, 3.8) is 0 Å². The van der Waals surface area contributed by atoms with Crippen molar-refractivity contribution in [2.75, 3.05) is 18.9 Å². The van der Waals surface area contributed by atoms with Crippen molar-refractivity contribution in [1.82, 2.24) is 10.2 Å². The Bertz CT molecular complexity index is 713. The average Bonchev–Trinajstić information content (AvgIpc) is 2.61. The molecule has 6 heteroatoms. The fraction of sp³-hybridized carbons (Fsp3) is 0.636. The van der Waals surface area contributed by atoms with Gasteiger partial charge in [0.2, 0.25) is 11.8 Å². The van der Waals surface area contributed by atoms with Gasteiger partial charge in [-0.1, -0.05) is 0 Å². The smallest absolute Gasteiger partial charge is 0.238 e. The van der Waals surface area contributed by atoms with Gasteiger partial charge in [0.05, 0.1) is 12.6 Å². The number of nitrogens with zero attached hydrogens (tertiary/aromatic N) is 1. The third-order valence-corrected chi connectivity index (χ3v) is 6.99. The second-order valence-electron chi connectivity index (χ2n) is 9.33. The summed E-state index contributed by atoms with van der Waals surface area (Å²) < 4.78 is 13.0. The van der Waals surface area contributed by atoms with Gasteiger partial charge in [-0.3, -0.25) is 14.5 Å². The Kier molecular flexibility index (Phi) is 5.17. The number of carbonyl (C=O) groups excluding carboxylic acids is 2. The molecule has 1 atom stereocenters. The van der Waals surface area contributed by atoms with Gasteiger partial charge in [0.1, 0.15) is 5.82 Å². The zero-order chi connectivity index (χ0) is 19.9. The summed E-state index contributed by atoms with van der Waals surface area (Å²) in [6.45, 7) is 1.95. The zero-order valence-electron chi connectivity index (χ0n) is 16.7. The molecule has 0 aromatic heterocycles. The molecule has 2 amide bonds. The van der Waals surface area contributed by atoms with Crippen molar-refractivity contribution in [3.05, 3.63) is 30.1 Å². The number of rotatable bonds is 6. The van der Waals surface area contributed by atoms with Crippen LogP contribution in [0.1, 0.15) is 45.4 Å². The highest BCUT2D eigenvalue weighted by molar-refractivity contribution is 5.92. The fourth-order valence-corrected chi connectivity index (χ4v) is 5.93. The Hall–Kier alpha value is -1.95. The molecule has 5 rings (SSSR count). The first-order valence-corrected chi connectivity index (χ1v) is 10.4. The van der Waals surface area contributed by atoms with Crippen LogP contribution in [0.4, 0.5) is 10.1 Å². The summed E-state index contributed by atoms with van der Waals surface area (Å²) in [4.78, 5) is 26.9. The second kappa shape index (κ2) is 7.47. The number of nitrogens with one attached hydrogen (secondary N) is 2. The van der Waals surface area contributed by atoms with Gasteiger partial charge in [0.15, 0.2) is 0 Å². The van der Waals surface area contributed by atoms with Crippen LogP contribution in [0.2, 0.25) is 0 Å². The molecule has 2 N–H and O–H groups in total. The van der Waals surface area contributed by atoms with Crippen LogP contribution in [0.15, 0.2) is 24.3 Å². The largest absolute Gasteiger partial charge is 0.349 e. The monoisotopic (exact) mass is 387 g/mol. The lowest BCUT2D eigenvalue weighted by Crippen LogP contribution is -2.62. The maximum atomic E-state index is 13.0. The van der Waals surface area contributed by atoms with E-state index < -0.39 is 0 Å². The summed E-state index contributed by atoms with van der Waals surface area (Å²) in [5, 5.41) is 6.12. The van der Waals surface area contributed by atoms with Crippen molar-refractivity contribution >= 4 is 17.5 Å². The standard InChI is InChI=1S/C22H30FN3O2/c1-14(26(2)13-20(27)24-19-5-3-18(23)4-6-19)21(28)25-22-10-15-7-16(11-22)9-17(8-15)12-22/h3-6,14-17H,7-13H2,1-2H3,(H,24,27)(H,25,28)/t14-,15?,16?,17?,22?/m1/s1. The average molecular weight is 387 g/mol. The zero-order valence-corrected chi connectivity index (χ0v) is 16.7. The van der Waals surface area contributed by atoms with Crippen LogP contribution >= 0.6 is 0 Å². The summed E-state index contributed by atoms with van der Waals surface area (Å²) in [5.41, 5.74) is 0.530. The van der Waals surface area contributed by atoms with E-state index in [4.69, 9.17) is 0 Å². The van der Waals surface area contributed by atoms with Crippen LogP contribution in [-0.4, -0.2) is 41.9 Å². The Morgan fingerprint density at radius 2 is 1.64 bits per heavy atom. The molecule has 1 aromatic rings. The highest BCUT2D eigenvalue weighted by atomic mass is 19.1. The molecular weight excluding hydrogens is 357 g/mol. The van der Waals surface area contributed by atoms with Gasteiger partial charge in [0, 0.05) is 11.2 Å². The van der Waals surface area contributed by atoms with Crippen molar-refractivity contribution in [1.29, 1.82) is 0 Å². The van der Waals surface area contributed by atoms with Crippen molar-refractivity contribution in [2.24, 2.45) is 17.8 Å². The Balaban J connectivity index is 1.31. The molecule has 4 saturated carbocycles. The van der Waals surface area contributed by atoms with E-state index >= 15 is 0 Å². The van der Waals surface area contributed by atoms with Gasteiger partial charge in [-0.15, -0.1) is 0 Å². The summed E-state index contributed by atoms with van der Waals surface area (Å²) in [7, 11) is 1.79. The first-order chi connectivity index (χ1) is 13.3. The summed E-state index contributed by atoms with van der Waals surface area (Å²) in [5.74, 6) is 1.79. The number of benzene rings is 1. The summed E-state index contributed by atoms with van der Waals surface area (Å²) in [6, 6.07) is 5.28. The molecule has 4 aliphatic carbocycles. The van der Waals surface area contributed by atoms with Crippen LogP contribution in [0, 0.1) is 23.6 Å². The number of likely N-dealkylation sites (N-methyl/N-ethyl adjacent to an activating group) is 1. The molecule has 4 fully saturated rings. The molecular formula is C22H30FN3O2. The normalized spacial score (nSPS) is 31.6. The maximum absolute atomic E-state index is 13.0. The lowest BCUT2D eigenvalue weighted by molar-refractivity contribution is -0.131. The van der Waals surface area contributed by atoms with Gasteiger partial charge in [-0.2, -0.15) is 0 Å². The number of halogens is 1. The Morgan fingerprint density at radius 1 is 1.11 bits per heavy atom. The molecule has 0 saturated heterocycles. The number of hydrogen-bond acceptors (Lipinski definition) is 3. The quantitative estimate of drug-likeness (QED) is 0.788. The highest BCUT2D eigenvalue weighted by Crippen LogP contribution is 2.55. The Labute approximate surface area is 166 Å². The van der Waals surface area contributed by atoms with E-state index in [0.29, 0.717) is 5.69 Å². The van der Waals surface area contributed by atoms with Crippen LogP contribution < -0.4 is 10.6 Å². The van der Waals surface area contributed by atoms with Crippen LogP contribution in [0.25, 0.3) is 0 Å². The molecule has 0 radical (unpaired) electrons. The van der Waals surface area contributed by atoms with E-state index in [1.54, 1.807) is 11.9 Å². The van der Waals surface area contributed by atoms with E-state index in [-0.39, 0.29) is 35.8 Å². The number of amides is 2. The molecule has 28 heavy (non-hydrogen) atoms. The van der Waals surface area contributed by atoms with E-state index in [0.717, 1.165) is 37.0 Å². The lowest BCUT2D eigenvalue weighted by Gasteiger charge is -2.57. The van der Waals surface area contributed by atoms with E-state index in [1.807, 2.05) is 6.92 Å². The molecule has 4 bridgehead atoms. The lowest BCUT2D eigenvalue weighted by atomic mass is 9.53. The van der Waals surface area contributed by atoms with E-state index in [2.05, 4.69) is 10.6 Å². The maximum Gasteiger partial charge on any atom is 0.238 e. The molecule has 4 aliphatic rings. The minimum Gasteiger partial charge on any atom is -0.349 e. The van der Waals surface area contributed by atoms with Gasteiger partial charge >= 0.3 is 0 Å². The molecule has 0 spiro atoms. The first kappa shape index (κ1) is 19.4. The van der Waals surface area contributed by atoms with Crippen LogP contribution in [0.3, 0.4) is 0 Å². The van der Waals surface area contributed by atoms with Gasteiger partial charge in [-0.05, 0) is 94.5 Å². The minimum atomic E-state index is -0.382. The van der Waals surface area contributed by atoms with Gasteiger partial charge < -0.3 is 10.6 Å². The number of carbonyl (C=O) groups is 2. The second-order valence-corrected chi connectivity index (χ2v) is 9.33.